The number of carbonyl (C=O) groups is 1. The maximum absolute atomic E-state index is 11.0. The van der Waals surface area contributed by atoms with Crippen LogP contribution in [0, 0.1) is 0 Å². The molecule has 0 aromatic heterocycles. The predicted molar refractivity (Wildman–Crippen MR) is 58.6 cm³/mol. The van der Waals surface area contributed by atoms with Crippen molar-refractivity contribution in [1.82, 2.24) is 4.90 Å². The van der Waals surface area contributed by atoms with Crippen molar-refractivity contribution < 1.29 is 4.79 Å². The van der Waals surface area contributed by atoms with Crippen LogP contribution in [0.2, 0.25) is 0 Å². The van der Waals surface area contributed by atoms with E-state index in [0.717, 1.165) is 0 Å². The van der Waals surface area contributed by atoms with Crippen molar-refractivity contribution in [3.05, 3.63) is 21.4 Å². The quantitative estimate of drug-likeness (QED) is 0.704. The largest absolute Gasteiger partial charge is 0.365 e. The van der Waals surface area contributed by atoms with E-state index in [9.17, 15) is 4.79 Å². The molecule has 0 radical (unpaired) electrons. The second-order valence-electron chi connectivity index (χ2n) is 2.82. The topological polar surface area (TPSA) is 46.3 Å². The number of hydrogen-bond donors (Lipinski definition) is 1. The lowest BCUT2D eigenvalue weighted by molar-refractivity contribution is -0.113. The standard InChI is InChI=1S/C8H11ClN2OS/c1-11(2)5-13-4-6(9)3-7(13)8(10)12/h3-5H,1-2H3,(H2,10,12). The Morgan fingerprint density at radius 1 is 1.69 bits per heavy atom. The molecule has 1 unspecified atom stereocenters. The van der Waals surface area contributed by atoms with E-state index >= 15 is 0 Å². The second-order valence-corrected chi connectivity index (χ2v) is 4.88. The molecule has 2 N–H and O–H groups in total. The van der Waals surface area contributed by atoms with Crippen molar-refractivity contribution in [3.8, 4) is 0 Å². The summed E-state index contributed by atoms with van der Waals surface area (Å²) < 4.78 is 0. The highest BCUT2D eigenvalue weighted by atomic mass is 35.5. The highest BCUT2D eigenvalue weighted by Gasteiger charge is 2.14. The Balaban J connectivity index is 3.00. The summed E-state index contributed by atoms with van der Waals surface area (Å²) in [5.74, 6) is -0.409. The van der Waals surface area contributed by atoms with E-state index in [4.69, 9.17) is 17.3 Å². The zero-order valence-electron chi connectivity index (χ0n) is 7.45. The minimum atomic E-state index is -0.409. The summed E-state index contributed by atoms with van der Waals surface area (Å²) in [5, 5.41) is 2.40. The van der Waals surface area contributed by atoms with E-state index in [-0.39, 0.29) is 10.5 Å². The van der Waals surface area contributed by atoms with Gasteiger partial charge in [-0.1, -0.05) is 11.6 Å². The Morgan fingerprint density at radius 2 is 2.31 bits per heavy atom. The van der Waals surface area contributed by atoms with Gasteiger partial charge in [0.2, 0.25) is 0 Å². The van der Waals surface area contributed by atoms with E-state index in [2.05, 4.69) is 0 Å². The van der Waals surface area contributed by atoms with Crippen LogP contribution in [0.15, 0.2) is 21.4 Å². The number of primary amides is 1. The van der Waals surface area contributed by atoms with Crippen LogP contribution in [0.25, 0.3) is 0 Å². The van der Waals surface area contributed by atoms with Crippen LogP contribution in [-0.4, -0.2) is 30.4 Å². The number of allylic oxidation sites excluding steroid dienone is 2. The molecular formula is C8H11ClN2OS. The number of halogens is 1. The minimum absolute atomic E-state index is 0.362. The molecule has 0 aliphatic carbocycles. The molecule has 3 nitrogen and oxygen atoms in total. The number of amides is 1. The van der Waals surface area contributed by atoms with Gasteiger partial charge in [0.05, 0.1) is 4.91 Å². The molecule has 0 aromatic rings. The zero-order valence-corrected chi connectivity index (χ0v) is 9.02. The molecule has 1 heterocycles. The van der Waals surface area contributed by atoms with Crippen molar-refractivity contribution in [2.45, 2.75) is 0 Å². The van der Waals surface area contributed by atoms with Crippen LogP contribution in [0.5, 0.6) is 0 Å². The molecule has 0 bridgehead atoms. The highest BCUT2D eigenvalue weighted by Crippen LogP contribution is 2.36. The molecule has 1 aliphatic heterocycles. The third-order valence-corrected chi connectivity index (χ3v) is 3.66. The van der Waals surface area contributed by atoms with E-state index in [1.165, 1.54) is 0 Å². The normalized spacial score (nSPS) is 22.0. The fourth-order valence-electron chi connectivity index (χ4n) is 0.914. The first-order chi connectivity index (χ1) is 6.00. The Hall–Kier alpha value is -0.580. The average Bonchev–Trinajstić information content (AvgIpc) is 2.29. The lowest BCUT2D eigenvalue weighted by Gasteiger charge is -2.06. The monoisotopic (exact) mass is 218 g/mol. The molecule has 1 amide bonds. The molecule has 0 aromatic carbocycles. The van der Waals surface area contributed by atoms with Gasteiger partial charge in [0.25, 0.3) is 5.91 Å². The van der Waals surface area contributed by atoms with Crippen molar-refractivity contribution in [1.29, 1.82) is 0 Å². The van der Waals surface area contributed by atoms with Crippen LogP contribution in [0.1, 0.15) is 0 Å². The van der Waals surface area contributed by atoms with Crippen LogP contribution >= 0.6 is 22.1 Å². The fraction of sp³-hybridized carbons (Fsp3) is 0.250. The van der Waals surface area contributed by atoms with Crippen molar-refractivity contribution >= 4 is 33.5 Å². The molecule has 0 saturated carbocycles. The number of rotatable bonds is 2. The molecule has 1 atom stereocenters. The van der Waals surface area contributed by atoms with E-state index in [0.29, 0.717) is 9.94 Å². The van der Waals surface area contributed by atoms with Gasteiger partial charge in [0.15, 0.2) is 0 Å². The number of hydrogen-bond acceptors (Lipinski definition) is 1. The van der Waals surface area contributed by atoms with Gasteiger partial charge in [0.1, 0.15) is 0 Å². The Kier molecular flexibility index (Phi) is 3.30. The summed E-state index contributed by atoms with van der Waals surface area (Å²) >= 11 is 5.77. The summed E-state index contributed by atoms with van der Waals surface area (Å²) in [4.78, 5) is 13.4. The van der Waals surface area contributed by atoms with Gasteiger partial charge < -0.3 is 5.73 Å². The molecule has 0 spiro atoms. The van der Waals surface area contributed by atoms with Gasteiger partial charge in [-0.3, -0.25) is 9.69 Å². The lowest BCUT2D eigenvalue weighted by Crippen LogP contribution is -2.14. The van der Waals surface area contributed by atoms with Crippen LogP contribution in [0.3, 0.4) is 0 Å². The predicted octanol–water partition coefficient (Wildman–Crippen LogP) is 1.04. The first-order valence-corrected chi connectivity index (χ1v) is 5.35. The summed E-state index contributed by atoms with van der Waals surface area (Å²) in [7, 11) is 3.43. The maximum atomic E-state index is 11.0. The maximum Gasteiger partial charge on any atom is 0.255 e. The zero-order chi connectivity index (χ0) is 10.0. The third kappa shape index (κ3) is 2.69. The Bertz CT molecular complexity index is 331. The van der Waals surface area contributed by atoms with Gasteiger partial charge in [0, 0.05) is 10.5 Å². The third-order valence-electron chi connectivity index (χ3n) is 1.33. The van der Waals surface area contributed by atoms with Gasteiger partial charge in [-0.05, 0) is 25.6 Å². The minimum Gasteiger partial charge on any atom is -0.365 e. The van der Waals surface area contributed by atoms with Crippen LogP contribution < -0.4 is 5.73 Å². The Morgan fingerprint density at radius 3 is 2.77 bits per heavy atom. The first-order valence-electron chi connectivity index (χ1n) is 3.63. The molecule has 13 heavy (non-hydrogen) atoms. The number of nitrogens with zero attached hydrogens (tertiary/aromatic N) is 1. The number of carbonyl (C=O) groups excluding carboxylic acids is 1. The van der Waals surface area contributed by atoms with Gasteiger partial charge in [-0.25, -0.2) is 0 Å². The SMILES string of the molecule is CN(C)/C=S1\C=C(Cl)C=C1C(N)=O. The van der Waals surface area contributed by atoms with Crippen molar-refractivity contribution in [2.24, 2.45) is 5.73 Å². The van der Waals surface area contributed by atoms with Gasteiger partial charge >= 0.3 is 0 Å². The average molecular weight is 219 g/mol. The fourth-order valence-corrected chi connectivity index (χ4v) is 2.94. The lowest BCUT2D eigenvalue weighted by atomic mass is 10.5. The Labute approximate surface area is 84.8 Å². The highest BCUT2D eigenvalue weighted by molar-refractivity contribution is 8.21. The molecule has 1 rings (SSSR count). The molecular weight excluding hydrogens is 208 g/mol. The molecule has 0 saturated heterocycles. The van der Waals surface area contributed by atoms with Crippen molar-refractivity contribution in [2.75, 3.05) is 14.1 Å². The summed E-state index contributed by atoms with van der Waals surface area (Å²) in [5.41, 5.74) is 7.10. The first kappa shape index (κ1) is 10.5. The van der Waals surface area contributed by atoms with E-state index < -0.39 is 5.91 Å². The summed E-state index contributed by atoms with van der Waals surface area (Å²) in [6.07, 6.45) is 1.62. The summed E-state index contributed by atoms with van der Waals surface area (Å²) in [6.45, 7) is 0. The smallest absolute Gasteiger partial charge is 0.255 e. The van der Waals surface area contributed by atoms with E-state index in [1.54, 1.807) is 6.08 Å². The second kappa shape index (κ2) is 4.09. The number of nitrogens with two attached hydrogens (primary N) is 1. The van der Waals surface area contributed by atoms with Crippen LogP contribution in [-0.2, 0) is 4.79 Å². The molecule has 1 aliphatic rings. The molecule has 5 heteroatoms. The van der Waals surface area contributed by atoms with Gasteiger partial charge in [-0.15, -0.1) is 10.5 Å². The molecule has 72 valence electrons. The van der Waals surface area contributed by atoms with Crippen molar-refractivity contribution in [3.63, 3.8) is 0 Å². The summed E-state index contributed by atoms with van der Waals surface area (Å²) in [6, 6.07) is 0. The van der Waals surface area contributed by atoms with E-state index in [1.807, 2.05) is 29.9 Å². The van der Waals surface area contributed by atoms with Gasteiger partial charge in [-0.2, -0.15) is 0 Å². The van der Waals surface area contributed by atoms with Crippen LogP contribution in [0.4, 0.5) is 0 Å². The molecule has 0 fully saturated rings.